The SMILES string of the molecule is CON(C)C(=O)c1c(Cc2c(Cl)cnc3ccccc23)sc2c1c(=O)n(C)c(=O)n2CC(C)C. The molecular weight excluding hydrogens is 476 g/mol. The highest BCUT2D eigenvalue weighted by Crippen LogP contribution is 2.35. The molecular formula is C24H25ClN4O4S. The van der Waals surface area contributed by atoms with Gasteiger partial charge in [0.05, 0.1) is 28.6 Å². The summed E-state index contributed by atoms with van der Waals surface area (Å²) in [5.74, 6) is -0.312. The van der Waals surface area contributed by atoms with Crippen molar-refractivity contribution < 1.29 is 9.63 Å². The van der Waals surface area contributed by atoms with Gasteiger partial charge in [-0.25, -0.2) is 9.86 Å². The molecule has 0 saturated carbocycles. The van der Waals surface area contributed by atoms with Gasteiger partial charge < -0.3 is 0 Å². The van der Waals surface area contributed by atoms with Crippen LogP contribution in [0.2, 0.25) is 5.02 Å². The molecule has 0 unspecified atom stereocenters. The predicted octanol–water partition coefficient (Wildman–Crippen LogP) is 3.84. The molecule has 0 fully saturated rings. The predicted molar refractivity (Wildman–Crippen MR) is 135 cm³/mol. The highest BCUT2D eigenvalue weighted by atomic mass is 35.5. The lowest BCUT2D eigenvalue weighted by Crippen LogP contribution is -2.39. The fourth-order valence-corrected chi connectivity index (χ4v) is 5.52. The monoisotopic (exact) mass is 500 g/mol. The average molecular weight is 501 g/mol. The quantitative estimate of drug-likeness (QED) is 0.375. The molecule has 0 aliphatic carbocycles. The van der Waals surface area contributed by atoms with E-state index in [9.17, 15) is 14.4 Å². The van der Waals surface area contributed by atoms with E-state index < -0.39 is 17.2 Å². The number of hydroxylamine groups is 2. The van der Waals surface area contributed by atoms with Crippen LogP contribution in [0.5, 0.6) is 0 Å². The molecule has 8 nitrogen and oxygen atoms in total. The van der Waals surface area contributed by atoms with E-state index in [2.05, 4.69) is 4.98 Å². The lowest BCUT2D eigenvalue weighted by molar-refractivity contribution is -0.0756. The van der Waals surface area contributed by atoms with E-state index in [1.807, 2.05) is 38.1 Å². The van der Waals surface area contributed by atoms with Crippen molar-refractivity contribution in [1.29, 1.82) is 0 Å². The van der Waals surface area contributed by atoms with E-state index in [0.717, 1.165) is 26.1 Å². The third-order valence-corrected chi connectivity index (χ3v) is 7.28. The first kappa shape index (κ1) is 24.1. The average Bonchev–Trinajstić information content (AvgIpc) is 3.20. The summed E-state index contributed by atoms with van der Waals surface area (Å²) in [6.07, 6.45) is 1.88. The Labute approximate surface area is 204 Å². The Morgan fingerprint density at radius 3 is 2.65 bits per heavy atom. The van der Waals surface area contributed by atoms with Crippen LogP contribution in [0.3, 0.4) is 0 Å². The van der Waals surface area contributed by atoms with Crippen LogP contribution in [0.1, 0.15) is 34.6 Å². The normalized spacial score (nSPS) is 11.6. The van der Waals surface area contributed by atoms with Crippen molar-refractivity contribution in [2.24, 2.45) is 13.0 Å². The first-order valence-corrected chi connectivity index (χ1v) is 11.9. The number of aromatic nitrogens is 3. The van der Waals surface area contributed by atoms with Crippen molar-refractivity contribution >= 4 is 50.0 Å². The van der Waals surface area contributed by atoms with Crippen LogP contribution >= 0.6 is 22.9 Å². The molecule has 0 N–H and O–H groups in total. The highest BCUT2D eigenvalue weighted by Gasteiger charge is 2.28. The Hall–Kier alpha value is -3.01. The minimum Gasteiger partial charge on any atom is -0.284 e. The second-order valence-electron chi connectivity index (χ2n) is 8.50. The number of hydrogen-bond acceptors (Lipinski definition) is 6. The maximum atomic E-state index is 13.4. The van der Waals surface area contributed by atoms with Gasteiger partial charge in [0.15, 0.2) is 0 Å². The van der Waals surface area contributed by atoms with Crippen molar-refractivity contribution in [3.8, 4) is 0 Å². The van der Waals surface area contributed by atoms with Crippen LogP contribution in [0, 0.1) is 5.92 Å². The van der Waals surface area contributed by atoms with E-state index >= 15 is 0 Å². The summed E-state index contributed by atoms with van der Waals surface area (Å²) in [6, 6.07) is 7.60. The van der Waals surface area contributed by atoms with E-state index in [1.165, 1.54) is 32.5 Å². The summed E-state index contributed by atoms with van der Waals surface area (Å²) >= 11 is 7.82. The second-order valence-corrected chi connectivity index (χ2v) is 9.99. The van der Waals surface area contributed by atoms with Crippen LogP contribution < -0.4 is 11.2 Å². The Morgan fingerprint density at radius 1 is 1.26 bits per heavy atom. The summed E-state index contributed by atoms with van der Waals surface area (Å²) < 4.78 is 2.63. The minimum absolute atomic E-state index is 0.156. The fourth-order valence-electron chi connectivity index (χ4n) is 4.01. The zero-order valence-corrected chi connectivity index (χ0v) is 21.2. The van der Waals surface area contributed by atoms with Crippen LogP contribution in [-0.2, 0) is 24.9 Å². The molecule has 0 spiro atoms. The Kier molecular flexibility index (Phi) is 6.62. The largest absolute Gasteiger partial charge is 0.331 e. The van der Waals surface area contributed by atoms with Crippen LogP contribution in [0.25, 0.3) is 21.1 Å². The summed E-state index contributed by atoms with van der Waals surface area (Å²) in [4.78, 5) is 50.3. The lowest BCUT2D eigenvalue weighted by atomic mass is 10.0. The highest BCUT2D eigenvalue weighted by molar-refractivity contribution is 7.19. The van der Waals surface area contributed by atoms with Gasteiger partial charge in [-0.15, -0.1) is 11.3 Å². The molecule has 0 atom stereocenters. The lowest BCUT2D eigenvalue weighted by Gasteiger charge is -2.15. The molecule has 0 bridgehead atoms. The molecule has 34 heavy (non-hydrogen) atoms. The standard InChI is InChI=1S/C24H25ClN4O4S/c1-13(2)12-29-23-20(21(30)27(3)24(29)32)19(22(31)28(4)33-5)18(34-23)10-15-14-8-6-7-9-17(14)26-11-16(15)25/h6-9,11,13H,10,12H2,1-5H3. The van der Waals surface area contributed by atoms with Gasteiger partial charge in [-0.05, 0) is 17.5 Å². The molecule has 0 aliphatic rings. The fraction of sp³-hybridized carbons (Fsp3) is 0.333. The van der Waals surface area contributed by atoms with Gasteiger partial charge in [-0.2, -0.15) is 0 Å². The van der Waals surface area contributed by atoms with Gasteiger partial charge in [0.2, 0.25) is 0 Å². The maximum Gasteiger partial charge on any atom is 0.331 e. The molecule has 4 rings (SSSR count). The number of thiophene rings is 1. The zero-order chi connectivity index (χ0) is 24.7. The topological polar surface area (TPSA) is 86.4 Å². The first-order chi connectivity index (χ1) is 16.1. The van der Waals surface area contributed by atoms with Gasteiger partial charge in [0.25, 0.3) is 11.5 Å². The maximum absolute atomic E-state index is 13.4. The molecule has 0 radical (unpaired) electrons. The van der Waals surface area contributed by atoms with Crippen LogP contribution in [-0.4, -0.2) is 39.2 Å². The molecule has 0 aliphatic heterocycles. The van der Waals surface area contributed by atoms with Crippen molar-refractivity contribution in [2.75, 3.05) is 14.2 Å². The van der Waals surface area contributed by atoms with Gasteiger partial charge >= 0.3 is 5.69 Å². The smallest absolute Gasteiger partial charge is 0.284 e. The molecule has 1 amide bonds. The van der Waals surface area contributed by atoms with Crippen molar-refractivity contribution in [1.82, 2.24) is 19.2 Å². The summed E-state index contributed by atoms with van der Waals surface area (Å²) in [7, 11) is 4.30. The van der Waals surface area contributed by atoms with Gasteiger partial charge in [-0.1, -0.05) is 43.6 Å². The summed E-state index contributed by atoms with van der Waals surface area (Å²) in [6.45, 7) is 4.40. The summed E-state index contributed by atoms with van der Waals surface area (Å²) in [5.41, 5.74) is 0.867. The Balaban J connectivity index is 2.07. The van der Waals surface area contributed by atoms with Crippen molar-refractivity contribution in [3.63, 3.8) is 0 Å². The number of carbonyl (C=O) groups is 1. The Morgan fingerprint density at radius 2 is 1.97 bits per heavy atom. The van der Waals surface area contributed by atoms with Crippen molar-refractivity contribution in [2.45, 2.75) is 26.8 Å². The van der Waals surface area contributed by atoms with E-state index in [0.29, 0.717) is 27.7 Å². The first-order valence-electron chi connectivity index (χ1n) is 10.7. The molecule has 3 heterocycles. The number of halogens is 1. The number of carbonyl (C=O) groups excluding carboxylic acids is 1. The zero-order valence-electron chi connectivity index (χ0n) is 19.6. The van der Waals surface area contributed by atoms with Gasteiger partial charge in [0.1, 0.15) is 4.83 Å². The number of rotatable bonds is 6. The third-order valence-electron chi connectivity index (χ3n) is 5.74. The molecule has 1 aromatic carbocycles. The van der Waals surface area contributed by atoms with Crippen molar-refractivity contribution in [3.05, 3.63) is 72.3 Å². The molecule has 4 aromatic rings. The second kappa shape index (κ2) is 9.32. The van der Waals surface area contributed by atoms with E-state index in [1.54, 1.807) is 10.8 Å². The number of hydrogen-bond donors (Lipinski definition) is 0. The third kappa shape index (κ3) is 4.04. The number of pyridine rings is 1. The number of para-hydroxylation sites is 1. The molecule has 3 aromatic heterocycles. The van der Waals surface area contributed by atoms with E-state index in [-0.39, 0.29) is 16.9 Å². The Bertz CT molecular complexity index is 1540. The molecule has 178 valence electrons. The van der Waals surface area contributed by atoms with Crippen LogP contribution in [0.4, 0.5) is 0 Å². The van der Waals surface area contributed by atoms with E-state index in [4.69, 9.17) is 16.4 Å². The van der Waals surface area contributed by atoms with Gasteiger partial charge in [-0.3, -0.25) is 28.5 Å². The number of amides is 1. The number of fused-ring (bicyclic) bond motifs is 2. The van der Waals surface area contributed by atoms with Crippen LogP contribution in [0.15, 0.2) is 40.1 Å². The molecule has 10 heteroatoms. The molecule has 0 saturated heterocycles. The number of benzene rings is 1. The summed E-state index contributed by atoms with van der Waals surface area (Å²) in [5, 5.41) is 2.61. The minimum atomic E-state index is -0.513. The van der Waals surface area contributed by atoms with Gasteiger partial charge in [0, 0.05) is 43.5 Å². The number of nitrogens with zero attached hydrogens (tertiary/aromatic N) is 4.